The molecule has 1 N–H and O–H groups in total. The molecular formula is C17H23N3O6. The summed E-state index contributed by atoms with van der Waals surface area (Å²) in [5.41, 5.74) is -0.701. The molecule has 0 spiro atoms. The van der Waals surface area contributed by atoms with Gasteiger partial charge in [-0.2, -0.15) is 0 Å². The smallest absolute Gasteiger partial charge is 0.410 e. The molecule has 0 radical (unpaired) electrons. The van der Waals surface area contributed by atoms with Gasteiger partial charge < -0.3 is 14.7 Å². The summed E-state index contributed by atoms with van der Waals surface area (Å²) in [6, 6.07) is 4.69. The first-order chi connectivity index (χ1) is 12.1. The molecule has 0 saturated carbocycles. The number of carboxylic acid groups (broad SMARTS) is 1. The summed E-state index contributed by atoms with van der Waals surface area (Å²) in [6.07, 6.45) is -0.449. The zero-order chi connectivity index (χ0) is 19.5. The zero-order valence-electron chi connectivity index (χ0n) is 15.0. The minimum Gasteiger partial charge on any atom is -0.480 e. The number of hydrogen-bond acceptors (Lipinski definition) is 6. The third kappa shape index (κ3) is 4.69. The summed E-state index contributed by atoms with van der Waals surface area (Å²) < 4.78 is 5.32. The first kappa shape index (κ1) is 19.6. The van der Waals surface area contributed by atoms with Crippen LogP contribution in [0.4, 0.5) is 10.5 Å². The second-order valence-electron chi connectivity index (χ2n) is 7.06. The fraction of sp³-hybridized carbons (Fsp3) is 0.529. The van der Waals surface area contributed by atoms with Crippen LogP contribution in [0.3, 0.4) is 0 Å². The van der Waals surface area contributed by atoms with E-state index < -0.39 is 28.6 Å². The van der Waals surface area contributed by atoms with E-state index >= 15 is 0 Å². The Labute approximate surface area is 151 Å². The number of ether oxygens (including phenoxy) is 1. The lowest BCUT2D eigenvalue weighted by molar-refractivity contribution is -0.386. The van der Waals surface area contributed by atoms with Crippen LogP contribution in [-0.4, -0.2) is 63.7 Å². The maximum absolute atomic E-state index is 12.1. The predicted molar refractivity (Wildman–Crippen MR) is 92.9 cm³/mol. The van der Waals surface area contributed by atoms with Gasteiger partial charge in [-0.05, 0) is 26.8 Å². The molecule has 1 heterocycles. The van der Waals surface area contributed by atoms with Crippen molar-refractivity contribution in [3.8, 4) is 0 Å². The molecule has 9 heteroatoms. The quantitative estimate of drug-likeness (QED) is 0.643. The van der Waals surface area contributed by atoms with Crippen molar-refractivity contribution >= 4 is 17.7 Å². The molecule has 1 aromatic carbocycles. The van der Waals surface area contributed by atoms with E-state index in [9.17, 15) is 24.8 Å². The number of nitro benzene ring substituents is 1. The number of hydrogen-bond donors (Lipinski definition) is 1. The molecule has 1 aliphatic rings. The van der Waals surface area contributed by atoms with Crippen molar-refractivity contribution in [1.29, 1.82) is 0 Å². The molecule has 1 aliphatic heterocycles. The number of benzene rings is 1. The molecule has 9 nitrogen and oxygen atoms in total. The van der Waals surface area contributed by atoms with Gasteiger partial charge in [0.15, 0.2) is 0 Å². The molecule has 1 fully saturated rings. The number of carbonyl (C=O) groups is 2. The average molecular weight is 365 g/mol. The van der Waals surface area contributed by atoms with Crippen LogP contribution in [0.25, 0.3) is 0 Å². The second kappa shape index (κ2) is 7.69. The number of nitrogens with zero attached hydrogens (tertiary/aromatic N) is 3. The van der Waals surface area contributed by atoms with Gasteiger partial charge in [0.1, 0.15) is 11.6 Å². The third-order valence-electron chi connectivity index (χ3n) is 3.99. The van der Waals surface area contributed by atoms with Crippen LogP contribution in [0.1, 0.15) is 32.4 Å². The normalized spacial score (nSPS) is 16.8. The highest BCUT2D eigenvalue weighted by Gasteiger charge is 2.36. The Morgan fingerprint density at radius 2 is 1.77 bits per heavy atom. The van der Waals surface area contributed by atoms with Crippen LogP contribution in [-0.2, 0) is 9.53 Å². The Hall–Kier alpha value is -2.68. The first-order valence-electron chi connectivity index (χ1n) is 8.28. The predicted octanol–water partition coefficient (Wildman–Crippen LogP) is 2.27. The van der Waals surface area contributed by atoms with E-state index in [0.717, 1.165) is 0 Å². The lowest BCUT2D eigenvalue weighted by atomic mass is 10.0. The highest BCUT2D eigenvalue weighted by atomic mass is 16.6. The first-order valence-corrected chi connectivity index (χ1v) is 8.28. The standard InChI is InChI=1S/C17H23N3O6/c1-17(2,3)26-16(23)19-10-8-18(9-11-19)14(15(21)22)12-6-4-5-7-13(12)20(24)25/h4-7,14H,8-11H2,1-3H3,(H,21,22). The Bertz CT molecular complexity index is 692. The number of aliphatic carboxylic acids is 1. The Morgan fingerprint density at radius 1 is 1.19 bits per heavy atom. The summed E-state index contributed by atoms with van der Waals surface area (Å²) in [4.78, 5) is 37.7. The number of nitro groups is 1. The van der Waals surface area contributed by atoms with Gasteiger partial charge >= 0.3 is 12.1 Å². The van der Waals surface area contributed by atoms with Crippen LogP contribution in [0.2, 0.25) is 0 Å². The molecule has 1 amide bonds. The molecule has 1 saturated heterocycles. The van der Waals surface area contributed by atoms with E-state index in [2.05, 4.69) is 0 Å². The summed E-state index contributed by atoms with van der Waals surface area (Å²) >= 11 is 0. The molecule has 0 aliphatic carbocycles. The van der Waals surface area contributed by atoms with Gasteiger partial charge in [0.2, 0.25) is 0 Å². The Morgan fingerprint density at radius 3 is 2.27 bits per heavy atom. The third-order valence-corrected chi connectivity index (χ3v) is 3.99. The number of amides is 1. The SMILES string of the molecule is CC(C)(C)OC(=O)N1CCN(C(C(=O)O)c2ccccc2[N+](=O)[O-])CC1. The van der Waals surface area contributed by atoms with Crippen LogP contribution in [0.5, 0.6) is 0 Å². The number of piperazine rings is 1. The Kier molecular flexibility index (Phi) is 5.81. The average Bonchev–Trinajstić information content (AvgIpc) is 2.54. The van der Waals surface area contributed by atoms with Gasteiger partial charge in [-0.15, -0.1) is 0 Å². The van der Waals surface area contributed by atoms with E-state index in [1.807, 2.05) is 0 Å². The molecular weight excluding hydrogens is 342 g/mol. The molecule has 1 unspecified atom stereocenters. The van der Waals surface area contributed by atoms with E-state index in [4.69, 9.17) is 4.74 Å². The van der Waals surface area contributed by atoms with Crippen molar-refractivity contribution in [2.45, 2.75) is 32.4 Å². The van der Waals surface area contributed by atoms with Gasteiger partial charge in [-0.1, -0.05) is 12.1 Å². The fourth-order valence-corrected chi connectivity index (χ4v) is 2.86. The highest BCUT2D eigenvalue weighted by molar-refractivity contribution is 5.77. The largest absolute Gasteiger partial charge is 0.480 e. The molecule has 1 atom stereocenters. The lowest BCUT2D eigenvalue weighted by Gasteiger charge is -2.38. The van der Waals surface area contributed by atoms with E-state index in [1.54, 1.807) is 31.7 Å². The van der Waals surface area contributed by atoms with Crippen molar-refractivity contribution in [1.82, 2.24) is 9.80 Å². The van der Waals surface area contributed by atoms with E-state index in [-0.39, 0.29) is 24.3 Å². The summed E-state index contributed by atoms with van der Waals surface area (Å²) in [6.45, 7) is 6.46. The number of para-hydroxylation sites is 1. The maximum atomic E-state index is 12.1. The molecule has 2 rings (SSSR count). The molecule has 26 heavy (non-hydrogen) atoms. The zero-order valence-corrected chi connectivity index (χ0v) is 15.0. The number of carbonyl (C=O) groups excluding carboxylic acids is 1. The van der Waals surface area contributed by atoms with Crippen LogP contribution in [0.15, 0.2) is 24.3 Å². The Balaban J connectivity index is 2.14. The minimum absolute atomic E-state index is 0.135. The van der Waals surface area contributed by atoms with Gasteiger partial charge in [-0.25, -0.2) is 4.79 Å². The van der Waals surface area contributed by atoms with Crippen molar-refractivity contribution < 1.29 is 24.4 Å². The topological polar surface area (TPSA) is 113 Å². The maximum Gasteiger partial charge on any atom is 0.410 e. The summed E-state index contributed by atoms with van der Waals surface area (Å²) in [7, 11) is 0. The molecule has 0 bridgehead atoms. The second-order valence-corrected chi connectivity index (χ2v) is 7.06. The van der Waals surface area contributed by atoms with Crippen LogP contribution < -0.4 is 0 Å². The van der Waals surface area contributed by atoms with Crippen molar-refractivity contribution in [3.63, 3.8) is 0 Å². The lowest BCUT2D eigenvalue weighted by Crippen LogP contribution is -2.52. The molecule has 1 aromatic rings. The van der Waals surface area contributed by atoms with Crippen molar-refractivity contribution in [2.24, 2.45) is 0 Å². The summed E-state index contributed by atoms with van der Waals surface area (Å²) in [5, 5.41) is 20.9. The summed E-state index contributed by atoms with van der Waals surface area (Å²) in [5.74, 6) is -1.16. The van der Waals surface area contributed by atoms with Gasteiger partial charge in [0, 0.05) is 32.2 Å². The van der Waals surface area contributed by atoms with Crippen LogP contribution in [0, 0.1) is 10.1 Å². The minimum atomic E-state index is -1.16. The number of carboxylic acids is 1. The van der Waals surface area contributed by atoms with Crippen molar-refractivity contribution in [3.05, 3.63) is 39.9 Å². The van der Waals surface area contributed by atoms with Crippen molar-refractivity contribution in [2.75, 3.05) is 26.2 Å². The van der Waals surface area contributed by atoms with Gasteiger partial charge in [0.25, 0.3) is 5.69 Å². The monoisotopic (exact) mass is 365 g/mol. The van der Waals surface area contributed by atoms with E-state index in [1.165, 1.54) is 23.1 Å². The van der Waals surface area contributed by atoms with E-state index in [0.29, 0.717) is 13.1 Å². The van der Waals surface area contributed by atoms with Gasteiger partial charge in [-0.3, -0.25) is 19.8 Å². The fourth-order valence-electron chi connectivity index (χ4n) is 2.86. The van der Waals surface area contributed by atoms with Gasteiger partial charge in [0.05, 0.1) is 10.5 Å². The number of rotatable bonds is 4. The highest BCUT2D eigenvalue weighted by Crippen LogP contribution is 2.30. The van der Waals surface area contributed by atoms with Crippen LogP contribution >= 0.6 is 0 Å². The molecule has 142 valence electrons. The molecule has 0 aromatic heterocycles.